The Kier molecular flexibility index (Phi) is 5.51. The van der Waals surface area contributed by atoms with Crippen LogP contribution in [0.2, 0.25) is 10.1 Å². The predicted octanol–water partition coefficient (Wildman–Crippen LogP) is 3.25. The van der Waals surface area contributed by atoms with Gasteiger partial charge in [-0.25, -0.2) is 0 Å². The Balaban J connectivity index is 3.16. The zero-order valence-corrected chi connectivity index (χ0v) is 19.4. The Hall–Kier alpha value is 0.274. The lowest BCUT2D eigenvalue weighted by Gasteiger charge is -2.66. The molecule has 1 aliphatic heterocycles. The van der Waals surface area contributed by atoms with Crippen molar-refractivity contribution in [2.45, 2.75) is 104 Å². The van der Waals surface area contributed by atoms with Gasteiger partial charge in [-0.3, -0.25) is 19.5 Å². The molecule has 0 amide bonds. The molecule has 0 aromatic heterocycles. The van der Waals surface area contributed by atoms with Crippen molar-refractivity contribution in [2.75, 3.05) is 0 Å². The summed E-state index contributed by atoms with van der Waals surface area (Å²) in [6.07, 6.45) is 0. The molecule has 4 nitrogen and oxygen atoms in total. The SMILES string of the molecule is CC(C)(C)NN1[SiH](C(C)(C)C)N(NC(C)(C)C)[SiH]1C(C)(C)C. The van der Waals surface area contributed by atoms with Crippen LogP contribution >= 0.6 is 0 Å². The highest BCUT2D eigenvalue weighted by molar-refractivity contribution is 6.88. The van der Waals surface area contributed by atoms with E-state index in [4.69, 9.17) is 0 Å². The zero-order chi connectivity index (χ0) is 17.7. The minimum atomic E-state index is -1.27. The smallest absolute Gasteiger partial charge is 0.211 e. The third kappa shape index (κ3) is 5.14. The van der Waals surface area contributed by atoms with Gasteiger partial charge in [-0.1, -0.05) is 41.5 Å². The lowest BCUT2D eigenvalue weighted by Crippen LogP contribution is -2.90. The number of hydrogen-bond donors (Lipinski definition) is 2. The van der Waals surface area contributed by atoms with Crippen molar-refractivity contribution < 1.29 is 0 Å². The van der Waals surface area contributed by atoms with Crippen molar-refractivity contribution in [1.82, 2.24) is 19.5 Å². The van der Waals surface area contributed by atoms with Crippen LogP contribution in [-0.4, -0.2) is 38.0 Å². The second kappa shape index (κ2) is 5.97. The summed E-state index contributed by atoms with van der Waals surface area (Å²) in [5.41, 5.74) is 7.97. The summed E-state index contributed by atoms with van der Waals surface area (Å²) in [6.45, 7) is 28.0. The molecule has 1 aliphatic rings. The fourth-order valence-electron chi connectivity index (χ4n) is 3.15. The van der Waals surface area contributed by atoms with Gasteiger partial charge in [0.2, 0.25) is 18.2 Å². The molecule has 0 aromatic rings. The monoisotopic (exact) mass is 344 g/mol. The van der Waals surface area contributed by atoms with Crippen LogP contribution in [0.25, 0.3) is 0 Å². The lowest BCUT2D eigenvalue weighted by atomic mass is 10.1. The van der Waals surface area contributed by atoms with Crippen molar-refractivity contribution in [3.05, 3.63) is 0 Å². The van der Waals surface area contributed by atoms with E-state index in [1.54, 1.807) is 0 Å². The van der Waals surface area contributed by atoms with Crippen LogP contribution in [0.5, 0.6) is 0 Å². The Morgan fingerprint density at radius 2 is 0.727 bits per heavy atom. The first-order valence-electron chi connectivity index (χ1n) is 8.56. The van der Waals surface area contributed by atoms with Crippen LogP contribution in [0, 0.1) is 0 Å². The normalized spacial score (nSPS) is 26.2. The molecule has 1 heterocycles. The Morgan fingerprint density at radius 1 is 0.500 bits per heavy atom. The van der Waals surface area contributed by atoms with E-state index in [0.717, 1.165) is 0 Å². The van der Waals surface area contributed by atoms with Gasteiger partial charge in [-0.15, -0.1) is 0 Å². The van der Waals surface area contributed by atoms with E-state index in [2.05, 4.69) is 103 Å². The van der Waals surface area contributed by atoms with Gasteiger partial charge in [0, 0.05) is 11.1 Å². The maximum atomic E-state index is 3.86. The molecule has 0 spiro atoms. The maximum absolute atomic E-state index is 3.86. The molecular weight excluding hydrogens is 304 g/mol. The van der Waals surface area contributed by atoms with Crippen molar-refractivity contribution in [1.29, 1.82) is 0 Å². The lowest BCUT2D eigenvalue weighted by molar-refractivity contribution is 0.176. The van der Waals surface area contributed by atoms with Gasteiger partial charge in [0.05, 0.1) is 0 Å². The summed E-state index contributed by atoms with van der Waals surface area (Å²) in [6, 6.07) is 0. The van der Waals surface area contributed by atoms with E-state index in [1.165, 1.54) is 0 Å². The van der Waals surface area contributed by atoms with E-state index in [9.17, 15) is 0 Å². The van der Waals surface area contributed by atoms with Gasteiger partial charge in [-0.2, -0.15) is 0 Å². The zero-order valence-electron chi connectivity index (χ0n) is 17.0. The van der Waals surface area contributed by atoms with Crippen LogP contribution in [0.3, 0.4) is 0 Å². The topological polar surface area (TPSA) is 30.5 Å². The fourth-order valence-corrected chi connectivity index (χ4v) is 17.3. The number of nitrogens with one attached hydrogen (secondary N) is 2. The number of nitrogens with zero attached hydrogens (tertiary/aromatic N) is 2. The van der Waals surface area contributed by atoms with E-state index in [0.29, 0.717) is 10.1 Å². The van der Waals surface area contributed by atoms with Gasteiger partial charge in [0.1, 0.15) is 0 Å². The summed E-state index contributed by atoms with van der Waals surface area (Å²) in [4.78, 5) is 0. The van der Waals surface area contributed by atoms with Crippen LogP contribution in [0.15, 0.2) is 0 Å². The summed E-state index contributed by atoms with van der Waals surface area (Å²) in [7, 11) is -2.54. The first-order chi connectivity index (χ1) is 9.43. The second-order valence-electron chi connectivity index (χ2n) is 11.0. The number of rotatable bonds is 2. The third-order valence-corrected chi connectivity index (χ3v) is 12.6. The van der Waals surface area contributed by atoms with E-state index in [-0.39, 0.29) is 11.1 Å². The molecule has 0 aliphatic carbocycles. The third-order valence-electron chi connectivity index (χ3n) is 3.53. The average Bonchev–Trinajstić information content (AvgIpc) is 2.04. The quantitative estimate of drug-likeness (QED) is 0.753. The highest BCUT2D eigenvalue weighted by Gasteiger charge is 2.59. The molecule has 22 heavy (non-hydrogen) atoms. The molecule has 0 atom stereocenters. The van der Waals surface area contributed by atoms with Crippen LogP contribution in [0.4, 0.5) is 0 Å². The summed E-state index contributed by atoms with van der Waals surface area (Å²) >= 11 is 0. The van der Waals surface area contributed by atoms with E-state index < -0.39 is 18.2 Å². The van der Waals surface area contributed by atoms with Crippen molar-refractivity contribution >= 4 is 18.2 Å². The van der Waals surface area contributed by atoms with Gasteiger partial charge in [-0.05, 0) is 51.6 Å². The van der Waals surface area contributed by atoms with Crippen LogP contribution < -0.4 is 10.9 Å². The molecule has 6 heteroatoms. The molecule has 1 saturated heterocycles. The minimum Gasteiger partial charge on any atom is -0.261 e. The van der Waals surface area contributed by atoms with Gasteiger partial charge in [0.15, 0.2) is 0 Å². The first kappa shape index (κ1) is 20.3. The highest BCUT2D eigenvalue weighted by atomic mass is 28.4. The van der Waals surface area contributed by atoms with Crippen LogP contribution in [0.1, 0.15) is 83.1 Å². The first-order valence-corrected chi connectivity index (χ1v) is 11.8. The molecular formula is C16H40N4Si2. The molecule has 1 rings (SSSR count). The maximum Gasteiger partial charge on any atom is 0.211 e. The second-order valence-corrected chi connectivity index (χ2v) is 19.4. The van der Waals surface area contributed by atoms with Crippen molar-refractivity contribution in [3.63, 3.8) is 0 Å². The van der Waals surface area contributed by atoms with Crippen molar-refractivity contribution in [3.8, 4) is 0 Å². The minimum absolute atomic E-state index is 0.126. The predicted molar refractivity (Wildman–Crippen MR) is 103 cm³/mol. The molecule has 0 saturated carbocycles. The molecule has 0 radical (unpaired) electrons. The van der Waals surface area contributed by atoms with E-state index in [1.807, 2.05) is 0 Å². The molecule has 0 aromatic carbocycles. The van der Waals surface area contributed by atoms with Crippen LogP contribution in [-0.2, 0) is 0 Å². The number of hydrogen-bond acceptors (Lipinski definition) is 4. The van der Waals surface area contributed by atoms with E-state index >= 15 is 0 Å². The van der Waals surface area contributed by atoms with Gasteiger partial charge >= 0.3 is 0 Å². The van der Waals surface area contributed by atoms with Crippen molar-refractivity contribution in [2.24, 2.45) is 0 Å². The Morgan fingerprint density at radius 3 is 0.864 bits per heavy atom. The Bertz CT molecular complexity index is 339. The van der Waals surface area contributed by atoms with Gasteiger partial charge in [0.25, 0.3) is 0 Å². The highest BCUT2D eigenvalue weighted by Crippen LogP contribution is 2.45. The standard InChI is InChI=1S/C16H40N4Si2/c1-13(2,3)17-19-21(15(7,8)9)20(18-14(4,5)6)22(19)16(10,11)12/h17-18,21-22H,1-12H3. The summed E-state index contributed by atoms with van der Waals surface area (Å²) < 4.78 is 5.47. The summed E-state index contributed by atoms with van der Waals surface area (Å²) in [5, 5.41) is 0.649. The molecule has 0 bridgehead atoms. The molecule has 0 unspecified atom stereocenters. The average molecular weight is 345 g/mol. The Labute approximate surface area is 142 Å². The fraction of sp³-hybridized carbons (Fsp3) is 1.00. The molecule has 132 valence electrons. The molecule has 1 fully saturated rings. The van der Waals surface area contributed by atoms with Gasteiger partial charge < -0.3 is 0 Å². The summed E-state index contributed by atoms with van der Waals surface area (Å²) in [5.74, 6) is 0. The number of hydrazine groups is 2. The largest absolute Gasteiger partial charge is 0.261 e. The molecule has 2 N–H and O–H groups in total.